The number of fused-ring (bicyclic) bond motifs is 1. The fourth-order valence-corrected chi connectivity index (χ4v) is 3.92. The third-order valence-electron chi connectivity index (χ3n) is 5.37. The molecule has 0 aliphatic heterocycles. The molecule has 0 heterocycles. The van der Waals surface area contributed by atoms with E-state index in [1.807, 2.05) is 0 Å². The van der Waals surface area contributed by atoms with Gasteiger partial charge in [0.05, 0.1) is 12.7 Å². The molecule has 0 fully saturated rings. The van der Waals surface area contributed by atoms with Crippen LogP contribution >= 0.6 is 0 Å². The van der Waals surface area contributed by atoms with Gasteiger partial charge in [-0.1, -0.05) is 61.4 Å². The van der Waals surface area contributed by atoms with Crippen LogP contribution in [0.15, 0.2) is 42.5 Å². The van der Waals surface area contributed by atoms with E-state index in [9.17, 15) is 0 Å². The van der Waals surface area contributed by atoms with Crippen molar-refractivity contribution in [3.05, 3.63) is 70.3 Å². The lowest BCUT2D eigenvalue weighted by Crippen LogP contribution is -2.23. The Morgan fingerprint density at radius 3 is 2.80 bits per heavy atom. The second kappa shape index (κ2) is 8.64. The van der Waals surface area contributed by atoms with E-state index in [1.165, 1.54) is 40.7 Å². The van der Waals surface area contributed by atoms with Crippen LogP contribution in [0.3, 0.4) is 0 Å². The van der Waals surface area contributed by atoms with Crippen molar-refractivity contribution in [1.29, 1.82) is 0 Å². The van der Waals surface area contributed by atoms with Crippen LogP contribution in [-0.4, -0.2) is 12.6 Å². The molecular weight excluding hydrogens is 306 g/mol. The first-order chi connectivity index (χ1) is 12.2. The molecule has 1 aliphatic carbocycles. The molecule has 0 bridgehead atoms. The predicted molar refractivity (Wildman–Crippen MR) is 105 cm³/mol. The minimum atomic E-state index is 0.333. The topological polar surface area (TPSA) is 35.2 Å². The van der Waals surface area contributed by atoms with Gasteiger partial charge in [0, 0.05) is 0 Å². The molecule has 0 saturated carbocycles. The van der Waals surface area contributed by atoms with Crippen LogP contribution in [0.25, 0.3) is 0 Å². The summed E-state index contributed by atoms with van der Waals surface area (Å²) in [6.45, 7) is 5.82. The lowest BCUT2D eigenvalue weighted by Gasteiger charge is -2.26. The van der Waals surface area contributed by atoms with Crippen LogP contribution in [0.2, 0.25) is 0 Å². The van der Waals surface area contributed by atoms with Crippen LogP contribution in [0.1, 0.15) is 59.9 Å². The summed E-state index contributed by atoms with van der Waals surface area (Å²) in [6.07, 6.45) is 5.96. The standard InChI is InChI=1S/C23H31NO/c1-3-5-22(15-24)20-8-9-21-14-23(11-10-19(21)13-20)25-16-18-7-4-6-17(2)12-18/h4,6-9,12-13,22-23H,3,5,10-11,14-16,24H2,1-2H3. The van der Waals surface area contributed by atoms with Crippen molar-refractivity contribution in [1.82, 2.24) is 0 Å². The zero-order chi connectivity index (χ0) is 17.6. The maximum atomic E-state index is 6.20. The first kappa shape index (κ1) is 18.2. The van der Waals surface area contributed by atoms with Gasteiger partial charge >= 0.3 is 0 Å². The van der Waals surface area contributed by atoms with Crippen molar-refractivity contribution in [2.75, 3.05) is 6.54 Å². The Morgan fingerprint density at radius 2 is 2.04 bits per heavy atom. The molecule has 0 amide bonds. The fourth-order valence-electron chi connectivity index (χ4n) is 3.92. The van der Waals surface area contributed by atoms with Crippen LogP contribution in [-0.2, 0) is 24.2 Å². The number of ether oxygens (including phenoxy) is 1. The maximum Gasteiger partial charge on any atom is 0.0720 e. The summed E-state index contributed by atoms with van der Waals surface area (Å²) in [6, 6.07) is 15.6. The molecule has 25 heavy (non-hydrogen) atoms. The van der Waals surface area contributed by atoms with Crippen molar-refractivity contribution < 1.29 is 4.74 Å². The quantitative estimate of drug-likeness (QED) is 0.779. The first-order valence-electron chi connectivity index (χ1n) is 9.68. The summed E-state index contributed by atoms with van der Waals surface area (Å²) < 4.78 is 6.20. The van der Waals surface area contributed by atoms with Crippen LogP contribution in [0, 0.1) is 6.92 Å². The Kier molecular flexibility index (Phi) is 6.28. The van der Waals surface area contributed by atoms with Crippen molar-refractivity contribution in [3.8, 4) is 0 Å². The third kappa shape index (κ3) is 4.71. The fraction of sp³-hybridized carbons (Fsp3) is 0.478. The lowest BCUT2D eigenvalue weighted by atomic mass is 9.85. The van der Waals surface area contributed by atoms with Gasteiger partial charge in [-0.2, -0.15) is 0 Å². The maximum absolute atomic E-state index is 6.20. The summed E-state index contributed by atoms with van der Waals surface area (Å²) >= 11 is 0. The number of hydrogen-bond donors (Lipinski definition) is 1. The molecular formula is C23H31NO. The van der Waals surface area contributed by atoms with E-state index in [0.29, 0.717) is 18.6 Å². The van der Waals surface area contributed by atoms with Crippen molar-refractivity contribution in [3.63, 3.8) is 0 Å². The van der Waals surface area contributed by atoms with Gasteiger partial charge in [-0.15, -0.1) is 0 Å². The van der Waals surface area contributed by atoms with E-state index in [-0.39, 0.29) is 0 Å². The third-order valence-corrected chi connectivity index (χ3v) is 5.37. The van der Waals surface area contributed by atoms with Gasteiger partial charge in [0.25, 0.3) is 0 Å². The van der Waals surface area contributed by atoms with Gasteiger partial charge < -0.3 is 10.5 Å². The molecule has 0 radical (unpaired) electrons. The number of rotatable bonds is 7. The average Bonchev–Trinajstić information content (AvgIpc) is 2.64. The average molecular weight is 338 g/mol. The zero-order valence-corrected chi connectivity index (χ0v) is 15.6. The summed E-state index contributed by atoms with van der Waals surface area (Å²) in [4.78, 5) is 0. The highest BCUT2D eigenvalue weighted by molar-refractivity contribution is 5.36. The molecule has 2 atom stereocenters. The van der Waals surface area contributed by atoms with Gasteiger partial charge in [-0.3, -0.25) is 0 Å². The summed E-state index contributed by atoms with van der Waals surface area (Å²) in [5.74, 6) is 0.505. The minimum absolute atomic E-state index is 0.333. The highest BCUT2D eigenvalue weighted by Crippen LogP contribution is 2.29. The molecule has 2 unspecified atom stereocenters. The Hall–Kier alpha value is -1.64. The summed E-state index contributed by atoms with van der Waals surface area (Å²) in [7, 11) is 0. The minimum Gasteiger partial charge on any atom is -0.373 e. The predicted octanol–water partition coefficient (Wildman–Crippen LogP) is 4.91. The number of nitrogens with two attached hydrogens (primary N) is 1. The Labute approximate surface area is 152 Å². The number of aryl methyl sites for hydroxylation is 2. The second-order valence-electron chi connectivity index (χ2n) is 7.41. The van der Waals surface area contributed by atoms with Gasteiger partial charge in [-0.25, -0.2) is 0 Å². The van der Waals surface area contributed by atoms with E-state index in [1.54, 1.807) is 0 Å². The Morgan fingerprint density at radius 1 is 1.16 bits per heavy atom. The van der Waals surface area contributed by atoms with E-state index in [2.05, 4.69) is 56.3 Å². The summed E-state index contributed by atoms with van der Waals surface area (Å²) in [5, 5.41) is 0. The molecule has 134 valence electrons. The van der Waals surface area contributed by atoms with Gasteiger partial charge in [-0.05, 0) is 67.3 Å². The molecule has 2 aromatic carbocycles. The molecule has 2 aromatic rings. The first-order valence-corrected chi connectivity index (χ1v) is 9.68. The molecule has 2 N–H and O–H groups in total. The molecule has 2 nitrogen and oxygen atoms in total. The Bertz CT molecular complexity index is 694. The largest absolute Gasteiger partial charge is 0.373 e. The van der Waals surface area contributed by atoms with Gasteiger partial charge in [0.2, 0.25) is 0 Å². The molecule has 3 rings (SSSR count). The van der Waals surface area contributed by atoms with E-state index >= 15 is 0 Å². The number of hydrogen-bond acceptors (Lipinski definition) is 2. The normalized spacial score (nSPS) is 18.0. The molecule has 0 aromatic heterocycles. The molecule has 0 spiro atoms. The number of benzene rings is 2. The molecule has 2 heteroatoms. The van der Waals surface area contributed by atoms with E-state index in [4.69, 9.17) is 10.5 Å². The van der Waals surface area contributed by atoms with Crippen LogP contribution < -0.4 is 5.73 Å². The lowest BCUT2D eigenvalue weighted by molar-refractivity contribution is 0.0319. The smallest absolute Gasteiger partial charge is 0.0720 e. The molecule has 0 saturated heterocycles. The van der Waals surface area contributed by atoms with E-state index < -0.39 is 0 Å². The zero-order valence-electron chi connectivity index (χ0n) is 15.6. The highest BCUT2D eigenvalue weighted by Gasteiger charge is 2.20. The molecule has 1 aliphatic rings. The van der Waals surface area contributed by atoms with Crippen molar-refractivity contribution in [2.45, 2.75) is 64.6 Å². The van der Waals surface area contributed by atoms with Gasteiger partial charge in [0.15, 0.2) is 0 Å². The monoisotopic (exact) mass is 337 g/mol. The van der Waals surface area contributed by atoms with Crippen LogP contribution in [0.5, 0.6) is 0 Å². The highest BCUT2D eigenvalue weighted by atomic mass is 16.5. The SMILES string of the molecule is CCCC(CN)c1ccc2c(c1)CCC(OCc1cccc(C)c1)C2. The van der Waals surface area contributed by atoms with E-state index in [0.717, 1.165) is 25.8 Å². The summed E-state index contributed by atoms with van der Waals surface area (Å²) in [5.41, 5.74) is 12.9. The van der Waals surface area contributed by atoms with Crippen molar-refractivity contribution in [2.24, 2.45) is 5.73 Å². The second-order valence-corrected chi connectivity index (χ2v) is 7.41. The van der Waals surface area contributed by atoms with Gasteiger partial charge in [0.1, 0.15) is 0 Å². The Balaban J connectivity index is 1.61. The van der Waals surface area contributed by atoms with Crippen molar-refractivity contribution >= 4 is 0 Å². The van der Waals surface area contributed by atoms with Crippen LogP contribution in [0.4, 0.5) is 0 Å².